The first-order chi connectivity index (χ1) is 13.8. The molecule has 7 heteroatoms. The Kier molecular flexibility index (Phi) is 6.69. The molecule has 0 bridgehead atoms. The summed E-state index contributed by atoms with van der Waals surface area (Å²) in [4.78, 5) is 38.8. The van der Waals surface area contributed by atoms with E-state index in [9.17, 15) is 14.4 Å². The molecule has 29 heavy (non-hydrogen) atoms. The highest BCUT2D eigenvalue weighted by Crippen LogP contribution is 2.28. The van der Waals surface area contributed by atoms with Gasteiger partial charge < -0.3 is 15.5 Å². The van der Waals surface area contributed by atoms with E-state index in [0.717, 1.165) is 15.6 Å². The number of halogens is 1. The standard InChI is InChI=1S/C22H24BrN3O3/c1-14-10-18(23)8-9-19(14)25-20(27)12-24-22(29)17-11-21(28)26(13-17)15(2)16-6-4-3-5-7-16/h3-10,15,17H,11-13H2,1-2H3,(H,24,29)(H,25,27). The normalized spacial score (nSPS) is 17.1. The number of nitrogens with one attached hydrogen (secondary N) is 2. The van der Waals surface area contributed by atoms with E-state index in [1.54, 1.807) is 11.0 Å². The van der Waals surface area contributed by atoms with E-state index in [1.165, 1.54) is 0 Å². The van der Waals surface area contributed by atoms with Crippen molar-refractivity contribution < 1.29 is 14.4 Å². The number of likely N-dealkylation sites (tertiary alicyclic amines) is 1. The average molecular weight is 458 g/mol. The largest absolute Gasteiger partial charge is 0.347 e. The number of hydrogen-bond donors (Lipinski definition) is 2. The lowest BCUT2D eigenvalue weighted by atomic mass is 10.1. The molecule has 2 aromatic rings. The number of carbonyl (C=O) groups is 3. The van der Waals surface area contributed by atoms with Crippen molar-refractivity contribution in [3.05, 3.63) is 64.1 Å². The molecule has 2 aromatic carbocycles. The van der Waals surface area contributed by atoms with Gasteiger partial charge in [0, 0.05) is 23.1 Å². The Morgan fingerprint density at radius 1 is 1.21 bits per heavy atom. The minimum atomic E-state index is -0.448. The first-order valence-electron chi connectivity index (χ1n) is 9.53. The number of hydrogen-bond acceptors (Lipinski definition) is 3. The molecule has 1 fully saturated rings. The third-order valence-corrected chi connectivity index (χ3v) is 5.66. The van der Waals surface area contributed by atoms with Crippen molar-refractivity contribution in [1.29, 1.82) is 0 Å². The van der Waals surface area contributed by atoms with Crippen LogP contribution >= 0.6 is 15.9 Å². The van der Waals surface area contributed by atoms with Gasteiger partial charge in [0.15, 0.2) is 0 Å². The van der Waals surface area contributed by atoms with Gasteiger partial charge in [-0.1, -0.05) is 46.3 Å². The summed E-state index contributed by atoms with van der Waals surface area (Å²) in [6, 6.07) is 15.2. The molecule has 152 valence electrons. The van der Waals surface area contributed by atoms with Gasteiger partial charge in [0.2, 0.25) is 17.7 Å². The third kappa shape index (κ3) is 5.23. The topological polar surface area (TPSA) is 78.5 Å². The Hall–Kier alpha value is -2.67. The van der Waals surface area contributed by atoms with Crippen LogP contribution in [-0.4, -0.2) is 35.7 Å². The predicted molar refractivity (Wildman–Crippen MR) is 115 cm³/mol. The average Bonchev–Trinajstić information content (AvgIpc) is 3.10. The predicted octanol–water partition coefficient (Wildman–Crippen LogP) is 3.42. The van der Waals surface area contributed by atoms with Gasteiger partial charge in [0.1, 0.15) is 0 Å². The van der Waals surface area contributed by atoms with E-state index in [4.69, 9.17) is 0 Å². The summed E-state index contributed by atoms with van der Waals surface area (Å²) in [7, 11) is 0. The van der Waals surface area contributed by atoms with Crippen molar-refractivity contribution in [3.63, 3.8) is 0 Å². The van der Waals surface area contributed by atoms with Gasteiger partial charge >= 0.3 is 0 Å². The van der Waals surface area contributed by atoms with Crippen LogP contribution in [0, 0.1) is 12.8 Å². The number of nitrogens with zero attached hydrogens (tertiary/aromatic N) is 1. The van der Waals surface area contributed by atoms with E-state index in [-0.39, 0.29) is 36.7 Å². The molecule has 3 rings (SSSR count). The minimum Gasteiger partial charge on any atom is -0.347 e. The van der Waals surface area contributed by atoms with E-state index < -0.39 is 5.92 Å². The van der Waals surface area contributed by atoms with Gasteiger partial charge in [0.05, 0.1) is 18.5 Å². The highest BCUT2D eigenvalue weighted by molar-refractivity contribution is 9.10. The second kappa shape index (κ2) is 9.22. The van der Waals surface area contributed by atoms with E-state index >= 15 is 0 Å². The molecular formula is C22H24BrN3O3. The fraction of sp³-hybridized carbons (Fsp3) is 0.318. The van der Waals surface area contributed by atoms with Crippen molar-refractivity contribution >= 4 is 39.3 Å². The molecule has 2 N–H and O–H groups in total. The number of anilines is 1. The summed E-state index contributed by atoms with van der Waals surface area (Å²) in [5, 5.41) is 5.44. The van der Waals surface area contributed by atoms with Crippen LogP contribution in [0.15, 0.2) is 53.0 Å². The maximum Gasteiger partial charge on any atom is 0.243 e. The van der Waals surface area contributed by atoms with Crippen molar-refractivity contribution in [1.82, 2.24) is 10.2 Å². The maximum atomic E-state index is 12.5. The van der Waals surface area contributed by atoms with E-state index in [1.807, 2.05) is 56.3 Å². The van der Waals surface area contributed by atoms with Crippen LogP contribution in [0.25, 0.3) is 0 Å². The van der Waals surface area contributed by atoms with E-state index in [2.05, 4.69) is 26.6 Å². The van der Waals surface area contributed by atoms with Crippen LogP contribution in [0.5, 0.6) is 0 Å². The van der Waals surface area contributed by atoms with Crippen molar-refractivity contribution in [2.45, 2.75) is 26.3 Å². The quantitative estimate of drug-likeness (QED) is 0.697. The van der Waals surface area contributed by atoms with Gasteiger partial charge in [-0.2, -0.15) is 0 Å². The molecule has 1 heterocycles. The molecule has 0 saturated carbocycles. The van der Waals surface area contributed by atoms with Gasteiger partial charge in [-0.15, -0.1) is 0 Å². The molecular weight excluding hydrogens is 434 g/mol. The molecule has 3 amide bonds. The summed E-state index contributed by atoms with van der Waals surface area (Å²) in [5.74, 6) is -1.07. The Morgan fingerprint density at radius 3 is 2.62 bits per heavy atom. The number of benzene rings is 2. The summed E-state index contributed by atoms with van der Waals surface area (Å²) < 4.78 is 0.932. The van der Waals surface area contributed by atoms with Crippen LogP contribution in [0.2, 0.25) is 0 Å². The molecule has 2 unspecified atom stereocenters. The molecule has 0 radical (unpaired) electrons. The lowest BCUT2D eigenvalue weighted by Crippen LogP contribution is -2.38. The molecule has 1 saturated heterocycles. The Morgan fingerprint density at radius 2 is 1.93 bits per heavy atom. The van der Waals surface area contributed by atoms with Crippen LogP contribution in [-0.2, 0) is 14.4 Å². The smallest absolute Gasteiger partial charge is 0.243 e. The molecule has 1 aliphatic heterocycles. The van der Waals surface area contributed by atoms with Crippen molar-refractivity contribution in [2.24, 2.45) is 5.92 Å². The highest BCUT2D eigenvalue weighted by Gasteiger charge is 2.37. The zero-order valence-electron chi connectivity index (χ0n) is 16.4. The second-order valence-electron chi connectivity index (χ2n) is 7.26. The molecule has 0 aliphatic carbocycles. The minimum absolute atomic E-state index is 0.0450. The fourth-order valence-corrected chi connectivity index (χ4v) is 3.94. The summed E-state index contributed by atoms with van der Waals surface area (Å²) in [6.07, 6.45) is 0.163. The number of carbonyl (C=O) groups excluding carboxylic acids is 3. The number of aryl methyl sites for hydroxylation is 1. The van der Waals surface area contributed by atoms with Gasteiger partial charge in [-0.05, 0) is 43.2 Å². The molecule has 0 spiro atoms. The van der Waals surface area contributed by atoms with Gasteiger partial charge in [-0.25, -0.2) is 0 Å². The number of rotatable bonds is 6. The lowest BCUT2D eigenvalue weighted by Gasteiger charge is -2.25. The van der Waals surface area contributed by atoms with E-state index in [0.29, 0.717) is 12.2 Å². The number of amides is 3. The Bertz CT molecular complexity index is 917. The van der Waals surface area contributed by atoms with Crippen molar-refractivity contribution in [3.8, 4) is 0 Å². The van der Waals surface area contributed by atoms with Crippen LogP contribution < -0.4 is 10.6 Å². The first-order valence-corrected chi connectivity index (χ1v) is 10.3. The molecule has 0 aromatic heterocycles. The highest BCUT2D eigenvalue weighted by atomic mass is 79.9. The fourth-order valence-electron chi connectivity index (χ4n) is 3.47. The van der Waals surface area contributed by atoms with Crippen LogP contribution in [0.3, 0.4) is 0 Å². The monoisotopic (exact) mass is 457 g/mol. The maximum absolute atomic E-state index is 12.5. The summed E-state index contributed by atoms with van der Waals surface area (Å²) in [6.45, 7) is 4.08. The first kappa shape index (κ1) is 21.0. The van der Waals surface area contributed by atoms with Crippen LogP contribution in [0.1, 0.15) is 30.5 Å². The Balaban J connectivity index is 1.52. The summed E-state index contributed by atoms with van der Waals surface area (Å²) >= 11 is 3.38. The Labute approximate surface area is 178 Å². The van der Waals surface area contributed by atoms with Gasteiger partial charge in [0.25, 0.3) is 0 Å². The second-order valence-corrected chi connectivity index (χ2v) is 8.17. The van der Waals surface area contributed by atoms with Crippen LogP contribution in [0.4, 0.5) is 5.69 Å². The van der Waals surface area contributed by atoms with Crippen molar-refractivity contribution in [2.75, 3.05) is 18.4 Å². The molecule has 1 aliphatic rings. The molecule has 6 nitrogen and oxygen atoms in total. The zero-order valence-corrected chi connectivity index (χ0v) is 18.0. The SMILES string of the molecule is Cc1cc(Br)ccc1NC(=O)CNC(=O)C1CC(=O)N(C(C)c2ccccc2)C1. The lowest BCUT2D eigenvalue weighted by molar-refractivity contribution is -0.130. The molecule has 2 atom stereocenters. The summed E-state index contributed by atoms with van der Waals surface area (Å²) in [5.41, 5.74) is 2.66. The van der Waals surface area contributed by atoms with Gasteiger partial charge in [-0.3, -0.25) is 14.4 Å². The zero-order chi connectivity index (χ0) is 21.0. The third-order valence-electron chi connectivity index (χ3n) is 5.16.